The Morgan fingerprint density at radius 3 is 2.43 bits per heavy atom. The fourth-order valence-electron chi connectivity index (χ4n) is 3.61. The second kappa shape index (κ2) is 3.83. The van der Waals surface area contributed by atoms with Crippen LogP contribution in [0.1, 0.15) is 23.3 Å². The molecule has 4 atom stereocenters. The molecular weight excluding hydrogens is 264 g/mol. The summed E-state index contributed by atoms with van der Waals surface area (Å²) in [5, 5.41) is 24.9. The number of hydrogen-bond acceptors (Lipinski definition) is 3. The molecule has 0 spiro atoms. The maximum atomic E-state index is 10.3. The standard InChI is InChI=1S/C18H14O3/c19-15-12-6-5-11-7-9-3-1-2-4-10(9)8-13(11)14(12)17-18(21-17)16(15)20/h1-8,15-20H/t15-,16-,17-,18+/m0/s1. The van der Waals surface area contributed by atoms with Gasteiger partial charge in [-0.3, -0.25) is 0 Å². The fourth-order valence-corrected chi connectivity index (χ4v) is 3.61. The second-order valence-electron chi connectivity index (χ2n) is 5.95. The molecule has 1 fully saturated rings. The number of rotatable bonds is 0. The average molecular weight is 278 g/mol. The Kier molecular flexibility index (Phi) is 2.13. The van der Waals surface area contributed by atoms with Crippen molar-refractivity contribution in [2.75, 3.05) is 0 Å². The van der Waals surface area contributed by atoms with E-state index in [2.05, 4.69) is 24.3 Å². The van der Waals surface area contributed by atoms with Crippen molar-refractivity contribution < 1.29 is 14.9 Å². The molecule has 0 aromatic heterocycles. The Labute approximate surface area is 121 Å². The number of fused-ring (bicyclic) bond motifs is 6. The SMILES string of the molecule is O[C@@H]1[C@H]2O[C@H]2c2c(ccc3cc4ccccc4cc23)[C@@H]1O. The Hall–Kier alpha value is -1.94. The van der Waals surface area contributed by atoms with Gasteiger partial charge in [0.25, 0.3) is 0 Å². The summed E-state index contributed by atoms with van der Waals surface area (Å²) >= 11 is 0. The smallest absolute Gasteiger partial charge is 0.118 e. The lowest BCUT2D eigenvalue weighted by atomic mass is 9.84. The van der Waals surface area contributed by atoms with Crippen molar-refractivity contribution in [1.29, 1.82) is 0 Å². The maximum Gasteiger partial charge on any atom is 0.118 e. The predicted molar refractivity (Wildman–Crippen MR) is 80.0 cm³/mol. The van der Waals surface area contributed by atoms with Gasteiger partial charge in [0.1, 0.15) is 24.4 Å². The number of epoxide rings is 1. The van der Waals surface area contributed by atoms with E-state index in [0.717, 1.165) is 21.9 Å². The molecule has 3 nitrogen and oxygen atoms in total. The summed E-state index contributed by atoms with van der Waals surface area (Å²) in [6.45, 7) is 0. The minimum atomic E-state index is -0.861. The monoisotopic (exact) mass is 278 g/mol. The van der Waals surface area contributed by atoms with Crippen LogP contribution < -0.4 is 0 Å². The molecule has 1 aliphatic carbocycles. The summed E-state index contributed by atoms with van der Waals surface area (Å²) in [5.74, 6) is 0. The molecular formula is C18H14O3. The van der Waals surface area contributed by atoms with E-state index in [4.69, 9.17) is 4.74 Å². The number of hydrogen-bond donors (Lipinski definition) is 2. The van der Waals surface area contributed by atoms with Gasteiger partial charge < -0.3 is 14.9 Å². The molecule has 0 unspecified atom stereocenters. The van der Waals surface area contributed by atoms with E-state index in [9.17, 15) is 10.2 Å². The van der Waals surface area contributed by atoms with Crippen molar-refractivity contribution >= 4 is 21.5 Å². The largest absolute Gasteiger partial charge is 0.387 e. The van der Waals surface area contributed by atoms with Gasteiger partial charge in [0.05, 0.1) is 0 Å². The third-order valence-electron chi connectivity index (χ3n) is 4.75. The molecule has 5 rings (SSSR count). The predicted octanol–water partition coefficient (Wildman–Crippen LogP) is 2.84. The molecule has 3 heteroatoms. The fraction of sp³-hybridized carbons (Fsp3) is 0.222. The first kappa shape index (κ1) is 11.7. The maximum absolute atomic E-state index is 10.3. The van der Waals surface area contributed by atoms with Crippen molar-refractivity contribution in [3.8, 4) is 0 Å². The molecule has 0 amide bonds. The third-order valence-corrected chi connectivity index (χ3v) is 4.75. The summed E-state index contributed by atoms with van der Waals surface area (Å²) < 4.78 is 5.60. The van der Waals surface area contributed by atoms with E-state index in [1.165, 1.54) is 10.8 Å². The number of ether oxygens (including phenoxy) is 1. The molecule has 0 saturated carbocycles. The zero-order valence-corrected chi connectivity index (χ0v) is 11.2. The first-order chi connectivity index (χ1) is 10.2. The molecule has 2 N–H and O–H groups in total. The Morgan fingerprint density at radius 2 is 1.62 bits per heavy atom. The van der Waals surface area contributed by atoms with Crippen LogP contribution in [0.4, 0.5) is 0 Å². The van der Waals surface area contributed by atoms with Gasteiger partial charge >= 0.3 is 0 Å². The van der Waals surface area contributed by atoms with E-state index in [1.807, 2.05) is 24.3 Å². The highest BCUT2D eigenvalue weighted by atomic mass is 16.6. The van der Waals surface area contributed by atoms with E-state index in [-0.39, 0.29) is 12.2 Å². The number of aliphatic hydroxyl groups is 2. The molecule has 104 valence electrons. The summed E-state index contributed by atoms with van der Waals surface area (Å²) in [4.78, 5) is 0. The Bertz CT molecular complexity index is 886. The Morgan fingerprint density at radius 1 is 0.857 bits per heavy atom. The van der Waals surface area contributed by atoms with Gasteiger partial charge in [0, 0.05) is 0 Å². The van der Waals surface area contributed by atoms with Crippen LogP contribution in [0, 0.1) is 0 Å². The van der Waals surface area contributed by atoms with E-state index >= 15 is 0 Å². The minimum Gasteiger partial charge on any atom is -0.387 e. The lowest BCUT2D eigenvalue weighted by molar-refractivity contribution is 0.000106. The highest BCUT2D eigenvalue weighted by Gasteiger charge is 2.54. The van der Waals surface area contributed by atoms with Crippen LogP contribution in [0.5, 0.6) is 0 Å². The molecule has 0 radical (unpaired) electrons. The molecule has 3 aromatic carbocycles. The van der Waals surface area contributed by atoms with Crippen LogP contribution >= 0.6 is 0 Å². The topological polar surface area (TPSA) is 53.0 Å². The van der Waals surface area contributed by atoms with Crippen LogP contribution in [0.3, 0.4) is 0 Å². The van der Waals surface area contributed by atoms with E-state index in [0.29, 0.717) is 0 Å². The van der Waals surface area contributed by atoms with Crippen LogP contribution in [-0.4, -0.2) is 22.4 Å². The van der Waals surface area contributed by atoms with Crippen LogP contribution in [-0.2, 0) is 4.74 Å². The second-order valence-corrected chi connectivity index (χ2v) is 5.95. The molecule has 1 heterocycles. The van der Waals surface area contributed by atoms with Gasteiger partial charge in [-0.15, -0.1) is 0 Å². The normalized spacial score (nSPS) is 30.2. The molecule has 21 heavy (non-hydrogen) atoms. The lowest BCUT2D eigenvalue weighted by Gasteiger charge is -2.24. The summed E-state index contributed by atoms with van der Waals surface area (Å²) in [6, 6.07) is 16.5. The summed E-state index contributed by atoms with van der Waals surface area (Å²) in [5.41, 5.74) is 1.84. The average Bonchev–Trinajstić information content (AvgIpc) is 3.30. The number of benzene rings is 3. The molecule has 1 saturated heterocycles. The molecule has 1 aliphatic heterocycles. The molecule has 3 aromatic rings. The third kappa shape index (κ3) is 1.48. The number of aliphatic hydroxyl groups excluding tert-OH is 2. The zero-order chi connectivity index (χ0) is 14.1. The molecule has 0 bridgehead atoms. The zero-order valence-electron chi connectivity index (χ0n) is 11.2. The van der Waals surface area contributed by atoms with Crippen LogP contribution in [0.2, 0.25) is 0 Å². The van der Waals surface area contributed by atoms with Crippen molar-refractivity contribution in [2.24, 2.45) is 0 Å². The first-order valence-corrected chi connectivity index (χ1v) is 7.21. The van der Waals surface area contributed by atoms with Crippen molar-refractivity contribution in [3.05, 3.63) is 59.7 Å². The van der Waals surface area contributed by atoms with Crippen LogP contribution in [0.25, 0.3) is 21.5 Å². The molecule has 2 aliphatic rings. The van der Waals surface area contributed by atoms with Gasteiger partial charge in [-0.25, -0.2) is 0 Å². The van der Waals surface area contributed by atoms with Crippen molar-refractivity contribution in [3.63, 3.8) is 0 Å². The summed E-state index contributed by atoms with van der Waals surface area (Å²) in [6.07, 6.45) is -2.02. The minimum absolute atomic E-state index is 0.0803. The highest BCUT2D eigenvalue weighted by molar-refractivity contribution is 6.00. The lowest BCUT2D eigenvalue weighted by Crippen LogP contribution is -2.29. The van der Waals surface area contributed by atoms with Crippen molar-refractivity contribution in [1.82, 2.24) is 0 Å². The summed E-state index contributed by atoms with van der Waals surface area (Å²) in [7, 11) is 0. The van der Waals surface area contributed by atoms with Gasteiger partial charge in [-0.2, -0.15) is 0 Å². The van der Waals surface area contributed by atoms with E-state index in [1.54, 1.807) is 0 Å². The van der Waals surface area contributed by atoms with Gasteiger partial charge in [0.15, 0.2) is 0 Å². The van der Waals surface area contributed by atoms with Gasteiger partial charge in [-0.05, 0) is 44.8 Å². The van der Waals surface area contributed by atoms with Crippen molar-refractivity contribution in [2.45, 2.75) is 24.4 Å². The van der Waals surface area contributed by atoms with Crippen LogP contribution in [0.15, 0.2) is 48.5 Å². The quantitative estimate of drug-likeness (QED) is 0.491. The van der Waals surface area contributed by atoms with Gasteiger partial charge in [-0.1, -0.05) is 36.4 Å². The van der Waals surface area contributed by atoms with Gasteiger partial charge in [0.2, 0.25) is 0 Å². The first-order valence-electron chi connectivity index (χ1n) is 7.21. The highest BCUT2D eigenvalue weighted by Crippen LogP contribution is 2.53. The Balaban J connectivity index is 1.87. The van der Waals surface area contributed by atoms with E-state index < -0.39 is 12.2 Å².